The first kappa shape index (κ1) is 13.6. The zero-order chi connectivity index (χ0) is 14.3. The number of anilines is 1. The first-order valence-corrected chi connectivity index (χ1v) is 8.22. The summed E-state index contributed by atoms with van der Waals surface area (Å²) in [6.45, 7) is 0.765. The molecule has 0 spiro atoms. The predicted molar refractivity (Wildman–Crippen MR) is 75.1 cm³/mol. The lowest BCUT2D eigenvalue weighted by Gasteiger charge is -2.19. The van der Waals surface area contributed by atoms with Gasteiger partial charge in [-0.15, -0.1) is 0 Å². The second kappa shape index (κ2) is 4.86. The molecule has 1 fully saturated rings. The maximum absolute atomic E-state index is 13.4. The number of hydrogen-bond donors (Lipinski definition) is 2. The van der Waals surface area contributed by atoms with Crippen LogP contribution in [0.25, 0.3) is 0 Å². The van der Waals surface area contributed by atoms with Crippen LogP contribution in [0.4, 0.5) is 10.1 Å². The summed E-state index contributed by atoms with van der Waals surface area (Å²) in [7, 11) is -4.03. The van der Waals surface area contributed by atoms with Crippen molar-refractivity contribution in [2.24, 2.45) is 22.9 Å². The van der Waals surface area contributed by atoms with Crippen LogP contribution < -0.4 is 10.5 Å². The standard InChI is InChI=1S/C14H17FN2O2S/c15-13-4-3-12(7-14(13)20(16,18)19)17-8-11-6-9-1-2-10(11)5-9/h1-4,7,9-11,17H,5-6,8H2,(H2,16,18,19). The molecule has 2 bridgehead atoms. The van der Waals surface area contributed by atoms with E-state index in [1.54, 1.807) is 0 Å². The van der Waals surface area contributed by atoms with Crippen molar-refractivity contribution in [1.82, 2.24) is 0 Å². The average molecular weight is 296 g/mol. The van der Waals surface area contributed by atoms with E-state index in [0.29, 0.717) is 23.4 Å². The molecule has 1 aromatic carbocycles. The molecule has 3 N–H and O–H groups in total. The van der Waals surface area contributed by atoms with Crippen LogP contribution in [0, 0.1) is 23.6 Å². The second-order valence-electron chi connectivity index (χ2n) is 5.61. The summed E-state index contributed by atoms with van der Waals surface area (Å²) in [6, 6.07) is 3.92. The van der Waals surface area contributed by atoms with Gasteiger partial charge in [0.15, 0.2) is 0 Å². The van der Waals surface area contributed by atoms with Gasteiger partial charge in [0.05, 0.1) is 0 Å². The van der Waals surface area contributed by atoms with Gasteiger partial charge in [0.2, 0.25) is 10.0 Å². The van der Waals surface area contributed by atoms with Crippen LogP contribution >= 0.6 is 0 Å². The van der Waals surface area contributed by atoms with Gasteiger partial charge >= 0.3 is 0 Å². The Labute approximate surface area is 117 Å². The second-order valence-corrected chi connectivity index (χ2v) is 7.14. The molecule has 6 heteroatoms. The van der Waals surface area contributed by atoms with Crippen molar-refractivity contribution in [2.45, 2.75) is 17.7 Å². The molecule has 1 aromatic rings. The summed E-state index contributed by atoms with van der Waals surface area (Å²) in [5.41, 5.74) is 0.585. The van der Waals surface area contributed by atoms with Crippen LogP contribution in [0.15, 0.2) is 35.2 Å². The SMILES string of the molecule is NS(=O)(=O)c1cc(NCC2CC3C=CC2C3)ccc1F. The van der Waals surface area contributed by atoms with Crippen molar-refractivity contribution in [3.8, 4) is 0 Å². The number of nitrogens with two attached hydrogens (primary N) is 1. The van der Waals surface area contributed by atoms with E-state index in [9.17, 15) is 12.8 Å². The minimum Gasteiger partial charge on any atom is -0.385 e. The lowest BCUT2D eigenvalue weighted by atomic mass is 9.93. The van der Waals surface area contributed by atoms with E-state index in [1.165, 1.54) is 18.6 Å². The Morgan fingerprint density at radius 3 is 2.70 bits per heavy atom. The van der Waals surface area contributed by atoms with Crippen molar-refractivity contribution in [2.75, 3.05) is 11.9 Å². The van der Waals surface area contributed by atoms with Gasteiger partial charge in [0.1, 0.15) is 10.7 Å². The van der Waals surface area contributed by atoms with Gasteiger partial charge < -0.3 is 5.32 Å². The Kier molecular flexibility index (Phi) is 3.30. The number of fused-ring (bicyclic) bond motifs is 2. The molecule has 3 rings (SSSR count). The van der Waals surface area contributed by atoms with Gasteiger partial charge in [-0.05, 0) is 48.8 Å². The first-order chi connectivity index (χ1) is 9.43. The maximum atomic E-state index is 13.4. The van der Waals surface area contributed by atoms with Gasteiger partial charge in [-0.1, -0.05) is 12.2 Å². The third kappa shape index (κ3) is 2.58. The molecule has 2 aliphatic carbocycles. The Bertz CT molecular complexity index is 657. The number of hydrogen-bond acceptors (Lipinski definition) is 3. The predicted octanol–water partition coefficient (Wildman–Crippen LogP) is 2.10. The van der Waals surface area contributed by atoms with Crippen molar-refractivity contribution >= 4 is 15.7 Å². The zero-order valence-electron chi connectivity index (χ0n) is 10.9. The molecule has 0 aromatic heterocycles. The summed E-state index contributed by atoms with van der Waals surface area (Å²) >= 11 is 0. The third-order valence-corrected chi connectivity index (χ3v) is 5.15. The van der Waals surface area contributed by atoms with Crippen LogP contribution in [0.2, 0.25) is 0 Å². The van der Waals surface area contributed by atoms with Crippen molar-refractivity contribution in [3.63, 3.8) is 0 Å². The molecule has 3 unspecified atom stereocenters. The Balaban J connectivity index is 1.71. The van der Waals surface area contributed by atoms with E-state index >= 15 is 0 Å². The number of halogens is 1. The molecule has 4 nitrogen and oxygen atoms in total. The van der Waals surface area contributed by atoms with E-state index < -0.39 is 20.7 Å². The Morgan fingerprint density at radius 2 is 2.10 bits per heavy atom. The molecule has 0 saturated heterocycles. The van der Waals surface area contributed by atoms with E-state index in [4.69, 9.17) is 5.14 Å². The van der Waals surface area contributed by atoms with Gasteiger partial charge in [-0.2, -0.15) is 0 Å². The summed E-state index contributed by atoms with van der Waals surface area (Å²) < 4.78 is 36.0. The van der Waals surface area contributed by atoms with Crippen molar-refractivity contribution in [3.05, 3.63) is 36.2 Å². The molecule has 1 saturated carbocycles. The Hall–Kier alpha value is -1.40. The number of benzene rings is 1. The highest BCUT2D eigenvalue weighted by atomic mass is 32.2. The van der Waals surface area contributed by atoms with E-state index in [1.807, 2.05) is 0 Å². The largest absolute Gasteiger partial charge is 0.385 e. The quantitative estimate of drug-likeness (QED) is 0.836. The van der Waals surface area contributed by atoms with Crippen LogP contribution in [0.1, 0.15) is 12.8 Å². The fraction of sp³-hybridized carbons (Fsp3) is 0.429. The Morgan fingerprint density at radius 1 is 1.30 bits per heavy atom. The molecule has 108 valence electrons. The molecule has 3 atom stereocenters. The molecule has 0 heterocycles. The maximum Gasteiger partial charge on any atom is 0.241 e. The van der Waals surface area contributed by atoms with Gasteiger partial charge in [0, 0.05) is 12.2 Å². The highest BCUT2D eigenvalue weighted by Gasteiger charge is 2.35. The van der Waals surface area contributed by atoms with E-state index in [0.717, 1.165) is 19.0 Å². The van der Waals surface area contributed by atoms with Gasteiger partial charge in [0.25, 0.3) is 0 Å². The summed E-state index contributed by atoms with van der Waals surface area (Å²) in [5.74, 6) is 1.06. The van der Waals surface area contributed by atoms with E-state index in [-0.39, 0.29) is 0 Å². The van der Waals surface area contributed by atoms with Crippen LogP contribution in [-0.2, 0) is 10.0 Å². The number of nitrogens with one attached hydrogen (secondary N) is 1. The van der Waals surface area contributed by atoms with Gasteiger partial charge in [-0.25, -0.2) is 17.9 Å². The summed E-state index contributed by atoms with van der Waals surface area (Å²) in [5, 5.41) is 8.18. The van der Waals surface area contributed by atoms with Crippen molar-refractivity contribution in [1.29, 1.82) is 0 Å². The lowest BCUT2D eigenvalue weighted by Crippen LogP contribution is -2.19. The molecule has 20 heavy (non-hydrogen) atoms. The van der Waals surface area contributed by atoms with Crippen LogP contribution in [-0.4, -0.2) is 15.0 Å². The molecule has 2 aliphatic rings. The number of allylic oxidation sites excluding steroid dienone is 2. The minimum atomic E-state index is -4.03. The number of primary sulfonamides is 1. The molecule has 0 aliphatic heterocycles. The third-order valence-electron chi connectivity index (χ3n) is 4.22. The number of sulfonamides is 1. The topological polar surface area (TPSA) is 72.2 Å². The summed E-state index contributed by atoms with van der Waals surface area (Å²) in [6.07, 6.45) is 6.93. The van der Waals surface area contributed by atoms with Crippen molar-refractivity contribution < 1.29 is 12.8 Å². The monoisotopic (exact) mass is 296 g/mol. The molecular formula is C14H17FN2O2S. The normalized spacial score (nSPS) is 28.0. The van der Waals surface area contributed by atoms with Gasteiger partial charge in [-0.3, -0.25) is 0 Å². The highest BCUT2D eigenvalue weighted by molar-refractivity contribution is 7.89. The molecule has 0 amide bonds. The van der Waals surface area contributed by atoms with Crippen LogP contribution in [0.5, 0.6) is 0 Å². The molecular weight excluding hydrogens is 279 g/mol. The minimum absolute atomic E-state index is 0.463. The molecule has 0 radical (unpaired) electrons. The first-order valence-electron chi connectivity index (χ1n) is 6.68. The zero-order valence-corrected chi connectivity index (χ0v) is 11.7. The highest BCUT2D eigenvalue weighted by Crippen LogP contribution is 2.43. The smallest absolute Gasteiger partial charge is 0.241 e. The van der Waals surface area contributed by atoms with E-state index in [2.05, 4.69) is 17.5 Å². The fourth-order valence-electron chi connectivity index (χ4n) is 3.21. The lowest BCUT2D eigenvalue weighted by molar-refractivity contribution is 0.472. The van der Waals surface area contributed by atoms with Crippen LogP contribution in [0.3, 0.4) is 0 Å². The number of rotatable bonds is 4. The average Bonchev–Trinajstić information content (AvgIpc) is 2.98. The fourth-order valence-corrected chi connectivity index (χ4v) is 3.84. The summed E-state index contributed by atoms with van der Waals surface area (Å²) in [4.78, 5) is -0.463.